The first-order chi connectivity index (χ1) is 11.6. The van der Waals surface area contributed by atoms with Crippen molar-refractivity contribution in [2.45, 2.75) is 77.8 Å². The molecular weight excluding hydrogens is 323 g/mol. The summed E-state index contributed by atoms with van der Waals surface area (Å²) in [6, 6.07) is 9.13. The predicted molar refractivity (Wildman–Crippen MR) is 113 cm³/mol. The summed E-state index contributed by atoms with van der Waals surface area (Å²) in [7, 11) is -0.112. The first kappa shape index (κ1) is 20.5. The van der Waals surface area contributed by atoms with Gasteiger partial charge in [-0.1, -0.05) is 74.9 Å². The van der Waals surface area contributed by atoms with Gasteiger partial charge in [0.15, 0.2) is 0 Å². The Bertz CT molecular complexity index is 566. The van der Waals surface area contributed by atoms with Crippen molar-refractivity contribution in [2.75, 3.05) is 11.4 Å². The van der Waals surface area contributed by atoms with Gasteiger partial charge in [-0.05, 0) is 40.6 Å². The Morgan fingerprint density at radius 2 is 1.72 bits per heavy atom. The average Bonchev–Trinajstić information content (AvgIpc) is 2.97. The summed E-state index contributed by atoms with van der Waals surface area (Å²) in [6.07, 6.45) is 8.19. The van der Waals surface area contributed by atoms with Gasteiger partial charge in [0.2, 0.25) is 6.67 Å². The van der Waals surface area contributed by atoms with Crippen LogP contribution in [-0.4, -0.2) is 16.9 Å². The maximum Gasteiger partial charge on any atom is 0.246 e. The van der Waals surface area contributed by atoms with Crippen LogP contribution < -0.4 is 9.80 Å². The van der Waals surface area contributed by atoms with Crippen LogP contribution >= 0.6 is 7.92 Å². The van der Waals surface area contributed by atoms with E-state index in [-0.39, 0.29) is 7.92 Å². The summed E-state index contributed by atoms with van der Waals surface area (Å²) in [5.41, 5.74) is 2.76. The summed E-state index contributed by atoms with van der Waals surface area (Å²) in [5.74, 6) is 0. The lowest BCUT2D eigenvalue weighted by Gasteiger charge is -2.41. The van der Waals surface area contributed by atoms with Crippen molar-refractivity contribution in [3.63, 3.8) is 0 Å². The molecule has 2 nitrogen and oxygen atoms in total. The molecule has 139 valence electrons. The molecule has 1 radical (unpaired) electrons. The number of rotatable bonds is 6. The lowest BCUT2D eigenvalue weighted by atomic mass is 10.2. The minimum absolute atomic E-state index is 0.112. The third kappa shape index (κ3) is 5.83. The van der Waals surface area contributed by atoms with Gasteiger partial charge in [-0.3, -0.25) is 9.80 Å². The predicted octanol–water partition coefficient (Wildman–Crippen LogP) is 5.36. The van der Waals surface area contributed by atoms with E-state index in [1.807, 2.05) is 0 Å². The molecule has 1 unspecified atom stereocenters. The van der Waals surface area contributed by atoms with Crippen molar-refractivity contribution in [1.29, 1.82) is 0 Å². The lowest BCUT2D eigenvalue weighted by molar-refractivity contribution is -0.809. The molecular formula is C22H37N2P+. The highest BCUT2D eigenvalue weighted by molar-refractivity contribution is 7.60. The molecule has 1 aromatic rings. The molecule has 25 heavy (non-hydrogen) atoms. The molecule has 1 aliphatic heterocycles. The van der Waals surface area contributed by atoms with Gasteiger partial charge in [0, 0.05) is 5.69 Å². The fourth-order valence-electron chi connectivity index (χ4n) is 3.61. The standard InChI is InChI=1S/C22H37N2P/c1-8-9-13-23-14-15-24(18-23)20-12-10-11-19(16-20)17-25(21(2,3)4)22(5,6)7/h10-12,14-16,18,23H,8-9,13,17H2,1-7H3/q+1. The zero-order chi connectivity index (χ0) is 18.7. The van der Waals surface area contributed by atoms with Crippen molar-refractivity contribution in [3.8, 4) is 0 Å². The molecule has 1 atom stereocenters. The van der Waals surface area contributed by atoms with Crippen LogP contribution in [0.25, 0.3) is 0 Å². The molecule has 3 heteroatoms. The van der Waals surface area contributed by atoms with Gasteiger partial charge in [0.1, 0.15) is 6.20 Å². The van der Waals surface area contributed by atoms with E-state index in [1.54, 1.807) is 0 Å². The first-order valence-electron chi connectivity index (χ1n) is 9.65. The molecule has 0 spiro atoms. The number of unbranched alkanes of at least 4 members (excludes halogenated alkanes) is 1. The van der Waals surface area contributed by atoms with E-state index in [1.165, 1.54) is 41.7 Å². The zero-order valence-electron chi connectivity index (χ0n) is 17.3. The largest absolute Gasteiger partial charge is 0.286 e. The second-order valence-corrected chi connectivity index (χ2v) is 13.0. The van der Waals surface area contributed by atoms with Crippen LogP contribution in [0.5, 0.6) is 0 Å². The van der Waals surface area contributed by atoms with Crippen LogP contribution in [0.2, 0.25) is 0 Å². The van der Waals surface area contributed by atoms with E-state index in [4.69, 9.17) is 0 Å². The Hall–Kier alpha value is -0.850. The second kappa shape index (κ2) is 8.23. The molecule has 0 saturated carbocycles. The number of anilines is 1. The zero-order valence-corrected chi connectivity index (χ0v) is 18.2. The van der Waals surface area contributed by atoms with Crippen LogP contribution in [0, 0.1) is 6.67 Å². The number of nitrogens with one attached hydrogen (secondary N) is 1. The minimum atomic E-state index is -0.112. The van der Waals surface area contributed by atoms with Crippen LogP contribution in [0.1, 0.15) is 66.9 Å². The van der Waals surface area contributed by atoms with E-state index < -0.39 is 0 Å². The Labute approximate surface area is 157 Å². The highest BCUT2D eigenvalue weighted by Crippen LogP contribution is 2.61. The third-order valence-corrected chi connectivity index (χ3v) is 8.66. The fraction of sp³-hybridized carbons (Fsp3) is 0.591. The van der Waals surface area contributed by atoms with E-state index in [9.17, 15) is 0 Å². The molecule has 2 rings (SSSR count). The molecule has 0 aromatic heterocycles. The molecule has 0 amide bonds. The maximum atomic E-state index is 2.40. The van der Waals surface area contributed by atoms with Crippen LogP contribution in [-0.2, 0) is 6.16 Å². The van der Waals surface area contributed by atoms with E-state index in [2.05, 4.69) is 96.7 Å². The average molecular weight is 361 g/mol. The Kier molecular flexibility index (Phi) is 6.74. The maximum absolute atomic E-state index is 2.40. The van der Waals surface area contributed by atoms with Gasteiger partial charge < -0.3 is 0 Å². The number of hydrogen-bond donors (Lipinski definition) is 1. The number of nitrogens with zero attached hydrogens (tertiary/aromatic N) is 1. The highest BCUT2D eigenvalue weighted by atomic mass is 31.1. The molecule has 0 saturated heterocycles. The fourth-order valence-corrected chi connectivity index (χ4v) is 7.13. The van der Waals surface area contributed by atoms with Gasteiger partial charge in [-0.25, -0.2) is 0 Å². The van der Waals surface area contributed by atoms with Crippen LogP contribution in [0.3, 0.4) is 0 Å². The van der Waals surface area contributed by atoms with Crippen molar-refractivity contribution < 1.29 is 4.90 Å². The molecule has 1 heterocycles. The molecule has 0 fully saturated rings. The quantitative estimate of drug-likeness (QED) is 0.671. The Morgan fingerprint density at radius 1 is 1.04 bits per heavy atom. The summed E-state index contributed by atoms with van der Waals surface area (Å²) in [5, 5.41) is 0.731. The minimum Gasteiger partial charge on any atom is -0.286 e. The summed E-state index contributed by atoms with van der Waals surface area (Å²) in [6.45, 7) is 20.1. The third-order valence-electron chi connectivity index (χ3n) is 4.74. The van der Waals surface area contributed by atoms with Crippen molar-refractivity contribution in [3.05, 3.63) is 48.9 Å². The first-order valence-corrected chi connectivity index (χ1v) is 11.2. The van der Waals surface area contributed by atoms with Gasteiger partial charge in [-0.15, -0.1) is 0 Å². The topological polar surface area (TPSA) is 7.68 Å². The van der Waals surface area contributed by atoms with Crippen LogP contribution in [0.15, 0.2) is 36.7 Å². The van der Waals surface area contributed by atoms with E-state index >= 15 is 0 Å². The summed E-state index contributed by atoms with van der Waals surface area (Å²) >= 11 is 0. The van der Waals surface area contributed by atoms with E-state index in [0.717, 1.165) is 0 Å². The molecule has 1 aromatic carbocycles. The lowest BCUT2D eigenvalue weighted by Crippen LogP contribution is -3.04. The summed E-state index contributed by atoms with van der Waals surface area (Å²) < 4.78 is 0. The van der Waals surface area contributed by atoms with Gasteiger partial charge in [0.05, 0.1) is 12.7 Å². The number of hydrogen-bond acceptors (Lipinski definition) is 1. The van der Waals surface area contributed by atoms with E-state index in [0.29, 0.717) is 10.3 Å². The van der Waals surface area contributed by atoms with Gasteiger partial charge in [-0.2, -0.15) is 0 Å². The summed E-state index contributed by atoms with van der Waals surface area (Å²) in [4.78, 5) is 3.73. The highest BCUT2D eigenvalue weighted by Gasteiger charge is 2.34. The Morgan fingerprint density at radius 3 is 2.32 bits per heavy atom. The molecule has 0 bridgehead atoms. The monoisotopic (exact) mass is 360 g/mol. The van der Waals surface area contributed by atoms with Crippen molar-refractivity contribution in [1.82, 2.24) is 0 Å². The molecule has 0 aliphatic carbocycles. The van der Waals surface area contributed by atoms with Crippen molar-refractivity contribution >= 4 is 13.6 Å². The van der Waals surface area contributed by atoms with Crippen LogP contribution in [0.4, 0.5) is 5.69 Å². The number of quaternary nitrogens is 1. The second-order valence-electron chi connectivity index (χ2n) is 9.13. The molecule has 1 N–H and O–H groups in total. The van der Waals surface area contributed by atoms with Gasteiger partial charge >= 0.3 is 0 Å². The normalized spacial score (nSPS) is 18.4. The van der Waals surface area contributed by atoms with Crippen molar-refractivity contribution in [2.24, 2.45) is 0 Å². The smallest absolute Gasteiger partial charge is 0.246 e. The number of benzene rings is 1. The SMILES string of the molecule is CCCC[NH+]1[CH]N(c2cccc(CP(C(C)(C)C)C(C)(C)C)c2)C=C1. The van der Waals surface area contributed by atoms with Gasteiger partial charge in [0.25, 0.3) is 0 Å². The molecule has 1 aliphatic rings. The Balaban J connectivity index is 2.10.